The summed E-state index contributed by atoms with van der Waals surface area (Å²) in [5.41, 5.74) is 7.56. The van der Waals surface area contributed by atoms with Crippen molar-refractivity contribution in [2.45, 2.75) is 26.5 Å². The predicted molar refractivity (Wildman–Crippen MR) is 83.7 cm³/mol. The van der Waals surface area contributed by atoms with Crippen LogP contribution in [0.3, 0.4) is 0 Å². The lowest BCUT2D eigenvalue weighted by atomic mass is 10.2. The molecule has 2 rings (SSSR count). The molecule has 0 unspecified atom stereocenters. The first-order valence-electron chi connectivity index (χ1n) is 6.32. The molecule has 0 spiro atoms. The van der Waals surface area contributed by atoms with Crippen LogP contribution in [-0.4, -0.2) is 16.1 Å². The Kier molecular flexibility index (Phi) is 4.79. The molecular weight excluding hydrogens is 320 g/mol. The van der Waals surface area contributed by atoms with Crippen molar-refractivity contribution in [3.63, 3.8) is 0 Å². The van der Waals surface area contributed by atoms with Gasteiger partial charge in [-0.3, -0.25) is 0 Å². The second-order valence-electron chi connectivity index (χ2n) is 4.55. The molecule has 1 heterocycles. The van der Waals surface area contributed by atoms with Gasteiger partial charge in [-0.1, -0.05) is 34.1 Å². The molecule has 106 valence electrons. The lowest BCUT2D eigenvalue weighted by Crippen LogP contribution is -2.12. The fourth-order valence-corrected chi connectivity index (χ4v) is 2.08. The Bertz CT molecular complexity index is 589. The Labute approximate surface area is 126 Å². The van der Waals surface area contributed by atoms with E-state index in [1.54, 1.807) is 0 Å². The summed E-state index contributed by atoms with van der Waals surface area (Å²) in [6.45, 7) is 4.47. The molecule has 0 bridgehead atoms. The third-order valence-corrected chi connectivity index (χ3v) is 3.37. The zero-order valence-electron chi connectivity index (χ0n) is 11.4. The Morgan fingerprint density at radius 3 is 2.75 bits per heavy atom. The molecule has 1 aromatic carbocycles. The number of nitrogens with two attached hydrogens (primary N) is 1. The van der Waals surface area contributed by atoms with Crippen molar-refractivity contribution in [2.24, 2.45) is 0 Å². The van der Waals surface area contributed by atoms with Crippen LogP contribution in [0.1, 0.15) is 19.4 Å². The van der Waals surface area contributed by atoms with Crippen molar-refractivity contribution in [2.75, 3.05) is 11.1 Å². The molecule has 1 aromatic heterocycles. The molecular formula is C14H17BrN4O. The van der Waals surface area contributed by atoms with Gasteiger partial charge in [0.25, 0.3) is 0 Å². The number of aromatic nitrogens is 2. The number of nitrogen functional groups attached to an aromatic ring is 1. The largest absolute Gasteiger partial charge is 0.473 e. The highest BCUT2D eigenvalue weighted by atomic mass is 79.9. The molecule has 20 heavy (non-hydrogen) atoms. The summed E-state index contributed by atoms with van der Waals surface area (Å²) in [5.74, 6) is 0.982. The van der Waals surface area contributed by atoms with Gasteiger partial charge >= 0.3 is 0 Å². The van der Waals surface area contributed by atoms with Crippen LogP contribution in [0.15, 0.2) is 35.1 Å². The maximum atomic E-state index is 6.01. The number of benzene rings is 1. The van der Waals surface area contributed by atoms with Crippen molar-refractivity contribution in [3.8, 4) is 5.88 Å². The number of ether oxygens (including phenoxy) is 1. The Hall–Kier alpha value is -1.82. The van der Waals surface area contributed by atoms with E-state index in [9.17, 15) is 0 Å². The molecule has 0 saturated heterocycles. The molecule has 0 radical (unpaired) electrons. The van der Waals surface area contributed by atoms with Gasteiger partial charge in [-0.2, -0.15) is 4.98 Å². The van der Waals surface area contributed by atoms with Gasteiger partial charge in [-0.05, 0) is 25.5 Å². The second kappa shape index (κ2) is 6.56. The predicted octanol–water partition coefficient (Wildman–Crippen LogP) is 3.22. The van der Waals surface area contributed by atoms with Crippen LogP contribution in [0.2, 0.25) is 0 Å². The van der Waals surface area contributed by atoms with E-state index in [-0.39, 0.29) is 6.10 Å². The number of nitrogens with one attached hydrogen (secondary N) is 1. The lowest BCUT2D eigenvalue weighted by Gasteiger charge is -2.14. The summed E-state index contributed by atoms with van der Waals surface area (Å²) < 4.78 is 6.58. The molecule has 0 aliphatic heterocycles. The zero-order chi connectivity index (χ0) is 14.5. The minimum Gasteiger partial charge on any atom is -0.473 e. The molecule has 0 atom stereocenters. The Morgan fingerprint density at radius 1 is 1.30 bits per heavy atom. The van der Waals surface area contributed by atoms with Crippen LogP contribution >= 0.6 is 15.9 Å². The van der Waals surface area contributed by atoms with Gasteiger partial charge in [0.05, 0.1) is 6.10 Å². The van der Waals surface area contributed by atoms with E-state index in [1.165, 1.54) is 6.33 Å². The van der Waals surface area contributed by atoms with Crippen molar-refractivity contribution in [1.82, 2.24) is 9.97 Å². The van der Waals surface area contributed by atoms with E-state index in [4.69, 9.17) is 10.5 Å². The van der Waals surface area contributed by atoms with Crippen LogP contribution in [0.5, 0.6) is 5.88 Å². The van der Waals surface area contributed by atoms with Crippen LogP contribution in [0, 0.1) is 0 Å². The maximum Gasteiger partial charge on any atom is 0.242 e. The van der Waals surface area contributed by atoms with E-state index in [2.05, 4.69) is 31.2 Å². The van der Waals surface area contributed by atoms with Gasteiger partial charge in [0.1, 0.15) is 12.0 Å². The van der Waals surface area contributed by atoms with Crippen molar-refractivity contribution in [1.29, 1.82) is 0 Å². The van der Waals surface area contributed by atoms with Gasteiger partial charge in [0, 0.05) is 11.0 Å². The topological polar surface area (TPSA) is 73.1 Å². The Morgan fingerprint density at radius 2 is 2.05 bits per heavy atom. The Balaban J connectivity index is 2.12. The van der Waals surface area contributed by atoms with Crippen LogP contribution < -0.4 is 15.8 Å². The van der Waals surface area contributed by atoms with E-state index in [0.29, 0.717) is 23.9 Å². The lowest BCUT2D eigenvalue weighted by molar-refractivity contribution is 0.234. The second-order valence-corrected chi connectivity index (χ2v) is 5.41. The summed E-state index contributed by atoms with van der Waals surface area (Å²) in [6.07, 6.45) is 1.46. The number of hydrogen-bond donors (Lipinski definition) is 2. The molecule has 0 aliphatic carbocycles. The fraction of sp³-hybridized carbons (Fsp3) is 0.286. The van der Waals surface area contributed by atoms with E-state index in [0.717, 1.165) is 10.0 Å². The van der Waals surface area contributed by atoms with Gasteiger partial charge in [0.15, 0.2) is 5.82 Å². The number of anilines is 2. The monoisotopic (exact) mass is 336 g/mol. The van der Waals surface area contributed by atoms with Crippen LogP contribution in [0.4, 0.5) is 11.5 Å². The SMILES string of the molecule is CC(C)Oc1ncnc(NCc2ccccc2Br)c1N. The smallest absolute Gasteiger partial charge is 0.242 e. The third-order valence-electron chi connectivity index (χ3n) is 2.60. The maximum absolute atomic E-state index is 6.01. The van der Waals surface area contributed by atoms with Gasteiger partial charge in [-0.15, -0.1) is 0 Å². The van der Waals surface area contributed by atoms with Gasteiger partial charge in [-0.25, -0.2) is 4.98 Å². The van der Waals surface area contributed by atoms with Crippen molar-refractivity contribution in [3.05, 3.63) is 40.6 Å². The fourth-order valence-electron chi connectivity index (χ4n) is 1.66. The minimum atomic E-state index is 0.0170. The van der Waals surface area contributed by atoms with E-state index in [1.807, 2.05) is 38.1 Å². The summed E-state index contributed by atoms with van der Waals surface area (Å²) in [4.78, 5) is 8.19. The molecule has 3 N–H and O–H groups in total. The summed E-state index contributed by atoms with van der Waals surface area (Å²) in [7, 11) is 0. The first kappa shape index (κ1) is 14.6. The van der Waals surface area contributed by atoms with E-state index < -0.39 is 0 Å². The number of halogens is 1. The average molecular weight is 337 g/mol. The van der Waals surface area contributed by atoms with Gasteiger partial charge < -0.3 is 15.8 Å². The molecule has 0 amide bonds. The van der Waals surface area contributed by atoms with E-state index >= 15 is 0 Å². The molecule has 2 aromatic rings. The normalized spacial score (nSPS) is 10.6. The van der Waals surface area contributed by atoms with Crippen LogP contribution in [-0.2, 0) is 6.54 Å². The molecule has 5 nitrogen and oxygen atoms in total. The minimum absolute atomic E-state index is 0.0170. The molecule has 0 aliphatic rings. The zero-order valence-corrected chi connectivity index (χ0v) is 13.0. The van der Waals surface area contributed by atoms with Crippen LogP contribution in [0.25, 0.3) is 0 Å². The summed E-state index contributed by atoms with van der Waals surface area (Å²) in [5, 5.41) is 3.20. The number of hydrogen-bond acceptors (Lipinski definition) is 5. The third kappa shape index (κ3) is 3.60. The van der Waals surface area contributed by atoms with Gasteiger partial charge in [0.2, 0.25) is 5.88 Å². The highest BCUT2D eigenvalue weighted by Crippen LogP contribution is 2.26. The number of nitrogens with zero attached hydrogens (tertiary/aromatic N) is 2. The summed E-state index contributed by atoms with van der Waals surface area (Å²) >= 11 is 3.51. The number of rotatable bonds is 5. The molecule has 6 heteroatoms. The summed E-state index contributed by atoms with van der Waals surface area (Å²) in [6, 6.07) is 7.98. The van der Waals surface area contributed by atoms with Crippen molar-refractivity contribution >= 4 is 27.4 Å². The first-order valence-corrected chi connectivity index (χ1v) is 7.11. The highest BCUT2D eigenvalue weighted by molar-refractivity contribution is 9.10. The average Bonchev–Trinajstić information content (AvgIpc) is 2.41. The standard InChI is InChI=1S/C14H17BrN4O/c1-9(2)20-14-12(16)13(18-8-19-14)17-7-10-5-3-4-6-11(10)15/h3-6,8-9H,7,16H2,1-2H3,(H,17,18,19). The highest BCUT2D eigenvalue weighted by Gasteiger charge is 2.10. The van der Waals surface area contributed by atoms with Crippen molar-refractivity contribution < 1.29 is 4.74 Å². The molecule has 0 fully saturated rings. The quantitative estimate of drug-likeness (QED) is 0.876. The molecule has 0 saturated carbocycles. The first-order chi connectivity index (χ1) is 9.58.